The molecule has 0 spiro atoms. The second kappa shape index (κ2) is 18.0. The van der Waals surface area contributed by atoms with Crippen molar-refractivity contribution >= 4 is 58.4 Å². The quantitative estimate of drug-likeness (QED) is 0.205. The van der Waals surface area contributed by atoms with Gasteiger partial charge >= 0.3 is 11.9 Å². The highest BCUT2D eigenvalue weighted by Crippen LogP contribution is 2.34. The van der Waals surface area contributed by atoms with Crippen molar-refractivity contribution in [2.24, 2.45) is 17.8 Å². The van der Waals surface area contributed by atoms with Gasteiger partial charge in [0, 0.05) is 55.5 Å². The lowest BCUT2D eigenvalue weighted by Gasteiger charge is -2.41. The Morgan fingerprint density at radius 3 is 2.44 bits per heavy atom. The standard InChI is InChI=1S/C35H50N6O7S2/c1-20(2)27(41(6)34(45)30(23-10-9-11-23)39-32(44)26-12-7-8-14-40(26)5)18-28(48-22(4)42)33-38-25(19-50-33)31(43)37-24(16-21(3)35(46)47)17-29-36-13-15-49-29/h13,15,17,19-21,23,26-28,30H,7-12,14,16,18H2,1-6H3,(H,37,43)(H,39,44)(H,46,47)/b24-17+/t21-,26+,27+,28+,30-/m0/s1. The van der Waals surface area contributed by atoms with Crippen LogP contribution < -0.4 is 10.6 Å². The Morgan fingerprint density at radius 2 is 1.86 bits per heavy atom. The molecule has 3 N–H and O–H groups in total. The number of carbonyl (C=O) groups excluding carboxylic acids is 4. The number of aliphatic carboxylic acids is 1. The van der Waals surface area contributed by atoms with E-state index in [1.807, 2.05) is 20.9 Å². The Morgan fingerprint density at radius 1 is 1.12 bits per heavy atom. The predicted molar refractivity (Wildman–Crippen MR) is 191 cm³/mol. The fourth-order valence-corrected chi connectivity index (χ4v) is 7.89. The third-order valence-corrected chi connectivity index (χ3v) is 11.3. The Kier molecular flexibility index (Phi) is 14.1. The first kappa shape index (κ1) is 39.1. The van der Waals surface area contributed by atoms with Crippen LogP contribution in [0.25, 0.3) is 6.08 Å². The summed E-state index contributed by atoms with van der Waals surface area (Å²) in [5.41, 5.74) is 0.468. The number of piperidine rings is 1. The van der Waals surface area contributed by atoms with Crippen LogP contribution in [0.2, 0.25) is 0 Å². The third-order valence-electron chi connectivity index (χ3n) is 9.64. The van der Waals surface area contributed by atoms with E-state index in [1.54, 1.807) is 41.9 Å². The zero-order valence-corrected chi connectivity index (χ0v) is 31.3. The highest BCUT2D eigenvalue weighted by molar-refractivity contribution is 7.10. The molecule has 2 aromatic rings. The number of nitrogens with one attached hydrogen (secondary N) is 2. The molecule has 1 saturated carbocycles. The summed E-state index contributed by atoms with van der Waals surface area (Å²) in [6.45, 7) is 7.68. The minimum Gasteiger partial charge on any atom is -0.481 e. The van der Waals surface area contributed by atoms with Gasteiger partial charge in [-0.1, -0.05) is 33.6 Å². The molecule has 2 fully saturated rings. The maximum absolute atomic E-state index is 14.2. The number of rotatable bonds is 16. The summed E-state index contributed by atoms with van der Waals surface area (Å²) in [6, 6.07) is -1.28. The van der Waals surface area contributed by atoms with Gasteiger partial charge in [0.15, 0.2) is 6.10 Å². The van der Waals surface area contributed by atoms with Crippen LogP contribution in [0.1, 0.15) is 106 Å². The highest BCUT2D eigenvalue weighted by atomic mass is 32.1. The number of carboxylic acid groups (broad SMARTS) is 1. The number of likely N-dealkylation sites (tertiary alicyclic amines) is 1. The van der Waals surface area contributed by atoms with Crippen molar-refractivity contribution in [1.29, 1.82) is 0 Å². The topological polar surface area (TPSA) is 171 Å². The minimum atomic E-state index is -0.995. The van der Waals surface area contributed by atoms with Crippen LogP contribution in [0.4, 0.5) is 0 Å². The second-order valence-corrected chi connectivity index (χ2v) is 15.6. The third kappa shape index (κ3) is 10.4. The Labute approximate surface area is 301 Å². The number of nitrogens with zero attached hydrogens (tertiary/aromatic N) is 4. The number of hydrogen-bond donors (Lipinski definition) is 3. The van der Waals surface area contributed by atoms with Crippen molar-refractivity contribution in [3.05, 3.63) is 38.4 Å². The van der Waals surface area contributed by atoms with Gasteiger partial charge in [0.05, 0.1) is 12.0 Å². The first-order valence-electron chi connectivity index (χ1n) is 17.3. The lowest BCUT2D eigenvalue weighted by molar-refractivity contribution is -0.149. The lowest BCUT2D eigenvalue weighted by atomic mass is 9.78. The summed E-state index contributed by atoms with van der Waals surface area (Å²) in [7, 11) is 3.68. The van der Waals surface area contributed by atoms with Gasteiger partial charge in [-0.3, -0.25) is 28.9 Å². The van der Waals surface area contributed by atoms with E-state index in [4.69, 9.17) is 4.74 Å². The van der Waals surface area contributed by atoms with Gasteiger partial charge in [0.2, 0.25) is 11.8 Å². The summed E-state index contributed by atoms with van der Waals surface area (Å²) >= 11 is 2.52. The van der Waals surface area contributed by atoms with Crippen LogP contribution in [0.3, 0.4) is 0 Å². The Balaban J connectivity index is 1.51. The lowest BCUT2D eigenvalue weighted by Crippen LogP contribution is -2.59. The fraction of sp³-hybridized carbons (Fsp3) is 0.629. The summed E-state index contributed by atoms with van der Waals surface area (Å²) in [4.78, 5) is 77.3. The largest absolute Gasteiger partial charge is 0.481 e. The Hall–Kier alpha value is -3.69. The molecule has 3 heterocycles. The van der Waals surface area contributed by atoms with Crippen LogP contribution in [0, 0.1) is 17.8 Å². The molecule has 1 saturated heterocycles. The van der Waals surface area contributed by atoms with Gasteiger partial charge in [-0.05, 0) is 57.2 Å². The van der Waals surface area contributed by atoms with Gasteiger partial charge in [0.1, 0.15) is 21.8 Å². The van der Waals surface area contributed by atoms with Gasteiger partial charge in [0.25, 0.3) is 5.91 Å². The molecule has 5 atom stereocenters. The molecule has 0 aromatic carbocycles. The zero-order chi connectivity index (χ0) is 36.5. The first-order chi connectivity index (χ1) is 23.7. The molecule has 13 nitrogen and oxygen atoms in total. The van der Waals surface area contributed by atoms with Crippen molar-refractivity contribution in [1.82, 2.24) is 30.4 Å². The highest BCUT2D eigenvalue weighted by Gasteiger charge is 2.40. The van der Waals surface area contributed by atoms with Crippen LogP contribution in [-0.4, -0.2) is 93.3 Å². The van der Waals surface area contributed by atoms with E-state index in [2.05, 4.69) is 25.5 Å². The number of ether oxygens (including phenoxy) is 1. The summed E-state index contributed by atoms with van der Waals surface area (Å²) in [6.07, 6.45) is 8.27. The van der Waals surface area contributed by atoms with Gasteiger partial charge < -0.3 is 25.4 Å². The molecule has 4 rings (SSSR count). The fourth-order valence-electron chi connectivity index (χ4n) is 6.46. The molecule has 0 bridgehead atoms. The normalized spacial score (nSPS) is 19.5. The van der Waals surface area contributed by atoms with Crippen LogP contribution in [-0.2, 0) is 23.9 Å². The maximum atomic E-state index is 14.2. The number of likely N-dealkylation sites (N-methyl/N-ethyl adjacent to an activating group) is 2. The molecule has 2 aliphatic rings. The van der Waals surface area contributed by atoms with Gasteiger partial charge in [-0.25, -0.2) is 9.97 Å². The molecule has 2 aromatic heterocycles. The summed E-state index contributed by atoms with van der Waals surface area (Å²) < 4.78 is 5.75. The van der Waals surface area contributed by atoms with Gasteiger partial charge in [-0.2, -0.15) is 0 Å². The number of allylic oxidation sites excluding steroid dienone is 1. The van der Waals surface area contributed by atoms with E-state index in [0.29, 0.717) is 15.7 Å². The molecule has 15 heteroatoms. The molecular weight excluding hydrogens is 681 g/mol. The van der Waals surface area contributed by atoms with E-state index < -0.39 is 35.9 Å². The Bertz CT molecular complexity index is 1520. The average Bonchev–Trinajstić information content (AvgIpc) is 3.74. The van der Waals surface area contributed by atoms with Crippen LogP contribution >= 0.6 is 22.7 Å². The van der Waals surface area contributed by atoms with Crippen molar-refractivity contribution in [2.45, 2.75) is 103 Å². The molecule has 1 aliphatic heterocycles. The van der Waals surface area contributed by atoms with E-state index in [0.717, 1.165) is 56.4 Å². The number of thiazole rings is 2. The van der Waals surface area contributed by atoms with E-state index in [9.17, 15) is 29.1 Å². The monoisotopic (exact) mass is 730 g/mol. The molecule has 50 heavy (non-hydrogen) atoms. The molecular formula is C35H50N6O7S2. The summed E-state index contributed by atoms with van der Waals surface area (Å²) in [5.74, 6) is -3.07. The van der Waals surface area contributed by atoms with Crippen molar-refractivity contribution in [3.63, 3.8) is 0 Å². The minimum absolute atomic E-state index is 0.0401. The number of carbonyl (C=O) groups is 5. The van der Waals surface area contributed by atoms with Crippen molar-refractivity contribution in [2.75, 3.05) is 20.6 Å². The number of esters is 1. The van der Waals surface area contributed by atoms with Crippen molar-refractivity contribution < 1.29 is 33.8 Å². The second-order valence-electron chi connectivity index (χ2n) is 13.8. The van der Waals surface area contributed by atoms with Crippen LogP contribution in [0.15, 0.2) is 22.7 Å². The predicted octanol–water partition coefficient (Wildman–Crippen LogP) is 4.73. The van der Waals surface area contributed by atoms with Crippen molar-refractivity contribution in [3.8, 4) is 0 Å². The van der Waals surface area contributed by atoms with E-state index in [-0.39, 0.29) is 54.3 Å². The zero-order valence-electron chi connectivity index (χ0n) is 29.7. The summed E-state index contributed by atoms with van der Waals surface area (Å²) in [5, 5.41) is 19.7. The molecule has 3 amide bonds. The molecule has 274 valence electrons. The first-order valence-corrected chi connectivity index (χ1v) is 19.0. The van der Waals surface area contributed by atoms with Crippen LogP contribution in [0.5, 0.6) is 0 Å². The average molecular weight is 731 g/mol. The van der Waals surface area contributed by atoms with E-state index in [1.165, 1.54) is 18.3 Å². The smallest absolute Gasteiger partial charge is 0.306 e. The number of amides is 3. The molecule has 0 radical (unpaired) electrons. The molecule has 0 unspecified atom stereocenters. The SMILES string of the molecule is CC(=O)O[C@H](C[C@H](C(C)C)N(C)C(=O)[C@@H](NC(=O)[C@H]1CCCCN1C)C1CCC1)c1nc(C(=O)N/C(=C/c2nccs2)C[C@H](C)C(=O)O)cs1. The van der Waals surface area contributed by atoms with E-state index >= 15 is 0 Å². The number of hydrogen-bond acceptors (Lipinski definition) is 11. The number of aromatic nitrogens is 2. The van der Waals surface area contributed by atoms with Gasteiger partial charge in [-0.15, -0.1) is 22.7 Å². The maximum Gasteiger partial charge on any atom is 0.306 e. The number of carboxylic acids is 1. The molecule has 1 aliphatic carbocycles.